The minimum absolute atomic E-state index is 0.132. The Bertz CT molecular complexity index is 760. The van der Waals surface area contributed by atoms with Crippen molar-refractivity contribution >= 4 is 10.1 Å². The van der Waals surface area contributed by atoms with Crippen molar-refractivity contribution < 1.29 is 38.9 Å². The van der Waals surface area contributed by atoms with Crippen LogP contribution in [0.3, 0.4) is 0 Å². The third-order valence-corrected chi connectivity index (χ3v) is 5.49. The zero-order chi connectivity index (χ0) is 17.8. The van der Waals surface area contributed by atoms with E-state index in [1.54, 1.807) is 12.1 Å². The van der Waals surface area contributed by atoms with Gasteiger partial charge < -0.3 is 9.29 Å². The van der Waals surface area contributed by atoms with Crippen LogP contribution in [0.15, 0.2) is 59.5 Å². The van der Waals surface area contributed by atoms with Crippen molar-refractivity contribution in [2.45, 2.75) is 18.7 Å². The molecule has 4 nitrogen and oxygen atoms in total. The highest BCUT2D eigenvalue weighted by molar-refractivity contribution is 7.85. The molecule has 0 N–H and O–H groups in total. The molecule has 0 aliphatic rings. The van der Waals surface area contributed by atoms with Crippen LogP contribution < -0.4 is 21.2 Å². The molecule has 24 heavy (non-hydrogen) atoms. The van der Waals surface area contributed by atoms with Gasteiger partial charge in [0.05, 0.1) is 4.90 Å². The smallest absolute Gasteiger partial charge is 0.419 e. The highest BCUT2D eigenvalue weighted by Crippen LogP contribution is 2.08. The Morgan fingerprint density at radius 1 is 1.08 bits per heavy atom. The summed E-state index contributed by atoms with van der Waals surface area (Å²) in [5.74, 6) is 3.01. The largest absolute Gasteiger partial charge is 0.744 e. The van der Waals surface area contributed by atoms with Gasteiger partial charge in [0.1, 0.15) is 16.7 Å². The van der Waals surface area contributed by atoms with Gasteiger partial charge in [0.2, 0.25) is 3.57 Å². The molecule has 0 aliphatic carbocycles. The lowest BCUT2D eigenvalue weighted by Crippen LogP contribution is -3.59. The average Bonchev–Trinajstić information content (AvgIpc) is 2.56. The molecule has 0 unspecified atom stereocenters. The summed E-state index contributed by atoms with van der Waals surface area (Å²) in [4.78, 5) is -0.178. The van der Waals surface area contributed by atoms with Crippen LogP contribution in [0.1, 0.15) is 12.5 Å². The first kappa shape index (κ1) is 20.6. The van der Waals surface area contributed by atoms with Gasteiger partial charge in [-0.15, -0.1) is 0 Å². The molecule has 0 heterocycles. The normalized spacial score (nSPS) is 10.1. The number of aryl methyl sites for hydroxylation is 1. The standard InChI is InChI=1S/C11H12IO.C7H8O3S/c1-2-13-10-6-9-12-11-7-4-3-5-8-11;1-6-2-4-7(5-3-6)11(8,9)10/h3-5,7-8H,2,10H2,1H3;2-5H,1H3,(H,8,9,10)/q+1;/p-1. The molecule has 0 radical (unpaired) electrons. The summed E-state index contributed by atoms with van der Waals surface area (Å²) >= 11 is -0.132. The van der Waals surface area contributed by atoms with Crippen molar-refractivity contribution in [2.75, 3.05) is 13.2 Å². The fourth-order valence-corrected chi connectivity index (χ4v) is 3.35. The van der Waals surface area contributed by atoms with Gasteiger partial charge in [0.15, 0.2) is 3.93 Å². The number of hydrogen-bond donors (Lipinski definition) is 0. The number of hydrogen-bond acceptors (Lipinski definition) is 4. The number of ether oxygens (including phenoxy) is 1. The first-order chi connectivity index (χ1) is 11.4. The van der Waals surface area contributed by atoms with Crippen LogP contribution in [0, 0.1) is 20.3 Å². The van der Waals surface area contributed by atoms with Crippen LogP contribution in [-0.4, -0.2) is 26.2 Å². The van der Waals surface area contributed by atoms with Gasteiger partial charge in [0, 0.05) is 6.61 Å². The second-order valence-electron chi connectivity index (χ2n) is 4.57. The molecule has 128 valence electrons. The third kappa shape index (κ3) is 9.03. The van der Waals surface area contributed by atoms with Gasteiger partial charge in [-0.1, -0.05) is 35.9 Å². The Hall–Kier alpha value is -1.40. The lowest BCUT2D eigenvalue weighted by atomic mass is 10.2. The average molecular weight is 458 g/mol. The van der Waals surface area contributed by atoms with E-state index in [1.807, 2.05) is 19.9 Å². The summed E-state index contributed by atoms with van der Waals surface area (Å²) in [7, 11) is -4.27. The van der Waals surface area contributed by atoms with E-state index in [0.29, 0.717) is 6.61 Å². The molecule has 6 heteroatoms. The van der Waals surface area contributed by atoms with Crippen molar-refractivity contribution in [3.8, 4) is 9.85 Å². The van der Waals surface area contributed by atoms with Crippen molar-refractivity contribution in [3.63, 3.8) is 0 Å². The molecule has 0 fully saturated rings. The summed E-state index contributed by atoms with van der Waals surface area (Å²) in [6.45, 7) is 5.12. The van der Waals surface area contributed by atoms with E-state index >= 15 is 0 Å². The topological polar surface area (TPSA) is 66.4 Å². The number of benzene rings is 2. The molecule has 2 aromatic rings. The zero-order valence-electron chi connectivity index (χ0n) is 13.5. The molecule has 2 aromatic carbocycles. The van der Waals surface area contributed by atoms with Gasteiger partial charge in [-0.3, -0.25) is 0 Å². The maximum absolute atomic E-state index is 10.4. The first-order valence-electron chi connectivity index (χ1n) is 7.20. The molecule has 0 aromatic heterocycles. The van der Waals surface area contributed by atoms with E-state index < -0.39 is 10.1 Å². The second kappa shape index (κ2) is 11.2. The highest BCUT2D eigenvalue weighted by Gasteiger charge is 2.05. The summed E-state index contributed by atoms with van der Waals surface area (Å²) in [5, 5.41) is 0. The van der Waals surface area contributed by atoms with Crippen molar-refractivity contribution in [1.29, 1.82) is 0 Å². The van der Waals surface area contributed by atoms with Crippen molar-refractivity contribution in [1.82, 2.24) is 0 Å². The Morgan fingerprint density at radius 2 is 1.71 bits per heavy atom. The molecule has 0 bridgehead atoms. The SMILES string of the molecule is CCOCC#C[I+]c1ccccc1.Cc1ccc(S(=O)(=O)[O-])cc1. The molecule has 0 saturated carbocycles. The zero-order valence-corrected chi connectivity index (χ0v) is 16.5. The minimum atomic E-state index is -4.27. The molecular weight excluding hydrogens is 439 g/mol. The van der Waals surface area contributed by atoms with Crippen LogP contribution in [-0.2, 0) is 14.9 Å². The summed E-state index contributed by atoms with van der Waals surface area (Å²) in [6, 6.07) is 16.2. The Kier molecular flexibility index (Phi) is 9.64. The maximum Gasteiger partial charge on any atom is 0.419 e. The monoisotopic (exact) mass is 458 g/mol. The maximum atomic E-state index is 10.4. The summed E-state index contributed by atoms with van der Waals surface area (Å²) in [5.41, 5.74) is 0.928. The van der Waals surface area contributed by atoms with Crippen molar-refractivity contribution in [2.24, 2.45) is 0 Å². The van der Waals surface area contributed by atoms with Gasteiger partial charge in [-0.2, -0.15) is 0 Å². The molecule has 0 amide bonds. The predicted molar refractivity (Wildman–Crippen MR) is 88.6 cm³/mol. The fraction of sp³-hybridized carbons (Fsp3) is 0.222. The summed E-state index contributed by atoms with van der Waals surface area (Å²) in [6.07, 6.45) is 0. The van der Waals surface area contributed by atoms with Crippen LogP contribution in [0.4, 0.5) is 0 Å². The van der Waals surface area contributed by atoms with Crippen LogP contribution in [0.2, 0.25) is 0 Å². The summed E-state index contributed by atoms with van der Waals surface area (Å²) < 4.78 is 40.8. The van der Waals surface area contributed by atoms with E-state index in [-0.39, 0.29) is 26.1 Å². The van der Waals surface area contributed by atoms with E-state index in [4.69, 9.17) is 4.74 Å². The fourth-order valence-electron chi connectivity index (χ4n) is 1.45. The number of rotatable bonds is 4. The van der Waals surface area contributed by atoms with E-state index in [0.717, 1.165) is 12.2 Å². The molecule has 0 atom stereocenters. The van der Waals surface area contributed by atoms with Crippen LogP contribution in [0.25, 0.3) is 0 Å². The van der Waals surface area contributed by atoms with Gasteiger partial charge in [-0.25, -0.2) is 8.42 Å². The van der Waals surface area contributed by atoms with Gasteiger partial charge >= 0.3 is 21.2 Å². The Morgan fingerprint density at radius 3 is 2.25 bits per heavy atom. The Labute approximate surface area is 154 Å². The molecule has 0 spiro atoms. The van der Waals surface area contributed by atoms with E-state index in [9.17, 15) is 13.0 Å². The molecular formula is C18H19IO4S. The molecule has 0 saturated heterocycles. The predicted octanol–water partition coefficient (Wildman–Crippen LogP) is -0.158. The third-order valence-electron chi connectivity index (χ3n) is 2.64. The molecule has 2 rings (SSSR count). The Balaban J connectivity index is 0.000000243. The lowest BCUT2D eigenvalue weighted by molar-refractivity contribution is -0.535. The van der Waals surface area contributed by atoms with Gasteiger partial charge in [-0.05, 0) is 44.0 Å². The molecule has 0 aliphatic heterocycles. The van der Waals surface area contributed by atoms with Gasteiger partial charge in [0.25, 0.3) is 0 Å². The number of halogens is 1. The van der Waals surface area contributed by atoms with Crippen LogP contribution in [0.5, 0.6) is 0 Å². The van der Waals surface area contributed by atoms with E-state index in [1.165, 1.54) is 15.7 Å². The van der Waals surface area contributed by atoms with E-state index in [2.05, 4.69) is 34.1 Å². The minimum Gasteiger partial charge on any atom is -0.744 e. The lowest BCUT2D eigenvalue weighted by Gasteiger charge is -2.05. The second-order valence-corrected chi connectivity index (χ2v) is 8.27. The van der Waals surface area contributed by atoms with Crippen LogP contribution >= 0.6 is 0 Å². The van der Waals surface area contributed by atoms with Crippen molar-refractivity contribution in [3.05, 3.63) is 63.7 Å². The first-order valence-corrected chi connectivity index (χ1v) is 10.8. The highest BCUT2D eigenvalue weighted by atomic mass is 127. The quantitative estimate of drug-likeness (QED) is 0.277.